The zero-order chi connectivity index (χ0) is 11.8. The Hall–Kier alpha value is -1.33. The van der Waals surface area contributed by atoms with Gasteiger partial charge in [-0.1, -0.05) is 36.3 Å². The van der Waals surface area contributed by atoms with Crippen LogP contribution in [0.2, 0.25) is 0 Å². The molecule has 0 fully saturated rings. The third-order valence-electron chi connectivity index (χ3n) is 2.66. The van der Waals surface area contributed by atoms with Crippen molar-refractivity contribution in [3.8, 4) is 12.3 Å². The summed E-state index contributed by atoms with van der Waals surface area (Å²) in [5.41, 5.74) is 1.26. The second kappa shape index (κ2) is 7.03. The molecule has 0 aliphatic rings. The van der Waals surface area contributed by atoms with Gasteiger partial charge in [0.1, 0.15) is 6.67 Å². The molecule has 0 aliphatic carbocycles. The molecule has 0 N–H and O–H groups in total. The lowest BCUT2D eigenvalue weighted by Crippen LogP contribution is -2.36. The SMILES string of the molecule is C#CCN(CCF)[C@H](C)Cc1ccccc1. The fourth-order valence-electron chi connectivity index (χ4n) is 1.77. The van der Waals surface area contributed by atoms with Crippen LogP contribution < -0.4 is 0 Å². The number of halogens is 1. The van der Waals surface area contributed by atoms with Gasteiger partial charge in [-0.15, -0.1) is 6.42 Å². The Labute approximate surface area is 97.3 Å². The maximum atomic E-state index is 12.4. The quantitative estimate of drug-likeness (QED) is 0.664. The lowest BCUT2D eigenvalue weighted by Gasteiger charge is -2.26. The Morgan fingerprint density at radius 3 is 2.62 bits per heavy atom. The van der Waals surface area contributed by atoms with Gasteiger partial charge in [0.05, 0.1) is 6.54 Å². The van der Waals surface area contributed by atoms with Gasteiger partial charge in [-0.3, -0.25) is 4.90 Å². The van der Waals surface area contributed by atoms with Crippen molar-refractivity contribution in [1.29, 1.82) is 0 Å². The van der Waals surface area contributed by atoms with E-state index in [9.17, 15) is 4.39 Å². The zero-order valence-corrected chi connectivity index (χ0v) is 9.70. The van der Waals surface area contributed by atoms with Gasteiger partial charge in [0.15, 0.2) is 0 Å². The van der Waals surface area contributed by atoms with E-state index in [4.69, 9.17) is 6.42 Å². The first-order valence-electron chi connectivity index (χ1n) is 5.55. The van der Waals surface area contributed by atoms with E-state index in [2.05, 4.69) is 25.0 Å². The summed E-state index contributed by atoms with van der Waals surface area (Å²) in [7, 11) is 0. The summed E-state index contributed by atoms with van der Waals surface area (Å²) in [5, 5.41) is 0. The van der Waals surface area contributed by atoms with Crippen LogP contribution in [0.4, 0.5) is 4.39 Å². The lowest BCUT2D eigenvalue weighted by molar-refractivity contribution is 0.214. The summed E-state index contributed by atoms with van der Waals surface area (Å²) < 4.78 is 12.4. The first kappa shape index (κ1) is 12.7. The van der Waals surface area contributed by atoms with Crippen LogP contribution in [0.1, 0.15) is 12.5 Å². The molecule has 86 valence electrons. The molecule has 0 spiro atoms. The minimum Gasteiger partial charge on any atom is -0.287 e. The molecular weight excluding hydrogens is 201 g/mol. The predicted octanol–water partition coefficient (Wildman–Crippen LogP) is 2.52. The molecule has 0 aliphatic heterocycles. The average Bonchev–Trinajstić information content (AvgIpc) is 2.30. The Morgan fingerprint density at radius 2 is 2.06 bits per heavy atom. The van der Waals surface area contributed by atoms with Crippen LogP contribution in [0, 0.1) is 12.3 Å². The van der Waals surface area contributed by atoms with Crippen LogP contribution >= 0.6 is 0 Å². The van der Waals surface area contributed by atoms with Crippen LogP contribution in [0.15, 0.2) is 30.3 Å². The monoisotopic (exact) mass is 219 g/mol. The van der Waals surface area contributed by atoms with E-state index in [1.807, 2.05) is 23.1 Å². The van der Waals surface area contributed by atoms with Crippen molar-refractivity contribution in [1.82, 2.24) is 4.90 Å². The summed E-state index contributed by atoms with van der Waals surface area (Å²) in [4.78, 5) is 1.99. The van der Waals surface area contributed by atoms with Crippen molar-refractivity contribution in [2.75, 3.05) is 19.8 Å². The molecule has 2 heteroatoms. The summed E-state index contributed by atoms with van der Waals surface area (Å²) >= 11 is 0. The summed E-state index contributed by atoms with van der Waals surface area (Å²) in [6, 6.07) is 10.5. The highest BCUT2D eigenvalue weighted by Gasteiger charge is 2.12. The first-order chi connectivity index (χ1) is 7.77. The second-order valence-corrected chi connectivity index (χ2v) is 3.90. The van der Waals surface area contributed by atoms with Gasteiger partial charge in [-0.2, -0.15) is 0 Å². The van der Waals surface area contributed by atoms with Gasteiger partial charge in [0, 0.05) is 12.6 Å². The Bertz CT molecular complexity index is 328. The number of hydrogen-bond donors (Lipinski definition) is 0. The lowest BCUT2D eigenvalue weighted by atomic mass is 10.1. The van der Waals surface area contributed by atoms with Gasteiger partial charge in [0.25, 0.3) is 0 Å². The third-order valence-corrected chi connectivity index (χ3v) is 2.66. The molecule has 1 rings (SSSR count). The van der Waals surface area contributed by atoms with Crippen molar-refractivity contribution in [2.24, 2.45) is 0 Å². The Balaban J connectivity index is 2.55. The van der Waals surface area contributed by atoms with E-state index in [1.54, 1.807) is 0 Å². The molecule has 0 amide bonds. The Morgan fingerprint density at radius 1 is 1.38 bits per heavy atom. The topological polar surface area (TPSA) is 3.24 Å². The van der Waals surface area contributed by atoms with Crippen molar-refractivity contribution < 1.29 is 4.39 Å². The van der Waals surface area contributed by atoms with Gasteiger partial charge in [0.2, 0.25) is 0 Å². The number of benzene rings is 1. The summed E-state index contributed by atoms with van der Waals surface area (Å²) in [6.45, 7) is 2.66. The van der Waals surface area contributed by atoms with Gasteiger partial charge in [-0.05, 0) is 18.9 Å². The van der Waals surface area contributed by atoms with E-state index in [-0.39, 0.29) is 12.7 Å². The van der Waals surface area contributed by atoms with E-state index >= 15 is 0 Å². The fraction of sp³-hybridized carbons (Fsp3) is 0.429. The van der Waals surface area contributed by atoms with E-state index in [0.29, 0.717) is 13.1 Å². The Kier molecular flexibility index (Phi) is 5.60. The molecule has 1 aromatic carbocycles. The van der Waals surface area contributed by atoms with Gasteiger partial charge < -0.3 is 0 Å². The van der Waals surface area contributed by atoms with Crippen LogP contribution in [0.5, 0.6) is 0 Å². The molecule has 0 saturated heterocycles. The fourth-order valence-corrected chi connectivity index (χ4v) is 1.77. The molecule has 0 heterocycles. The second-order valence-electron chi connectivity index (χ2n) is 3.90. The molecule has 16 heavy (non-hydrogen) atoms. The molecule has 0 radical (unpaired) electrons. The number of alkyl halides is 1. The minimum absolute atomic E-state index is 0.272. The molecule has 0 saturated carbocycles. The predicted molar refractivity (Wildman–Crippen MR) is 66.0 cm³/mol. The zero-order valence-electron chi connectivity index (χ0n) is 9.70. The van der Waals surface area contributed by atoms with Crippen LogP contribution in [-0.4, -0.2) is 30.7 Å². The van der Waals surface area contributed by atoms with E-state index in [0.717, 1.165) is 6.42 Å². The number of terminal acetylenes is 1. The molecule has 1 aromatic rings. The largest absolute Gasteiger partial charge is 0.287 e. The number of nitrogens with zero attached hydrogens (tertiary/aromatic N) is 1. The van der Waals surface area contributed by atoms with Crippen LogP contribution in [-0.2, 0) is 6.42 Å². The maximum absolute atomic E-state index is 12.4. The van der Waals surface area contributed by atoms with Crippen molar-refractivity contribution in [3.05, 3.63) is 35.9 Å². The van der Waals surface area contributed by atoms with Crippen molar-refractivity contribution in [3.63, 3.8) is 0 Å². The number of rotatable bonds is 6. The highest BCUT2D eigenvalue weighted by atomic mass is 19.1. The van der Waals surface area contributed by atoms with Crippen molar-refractivity contribution >= 4 is 0 Å². The maximum Gasteiger partial charge on any atom is 0.102 e. The molecule has 0 bridgehead atoms. The standard InChI is InChI=1S/C14H18FN/c1-3-10-16(11-9-15)13(2)12-14-7-5-4-6-8-14/h1,4-8,13H,9-12H2,2H3/t13-/m1/s1. The molecule has 1 nitrogen and oxygen atoms in total. The smallest absolute Gasteiger partial charge is 0.102 e. The highest BCUT2D eigenvalue weighted by molar-refractivity contribution is 5.15. The van der Waals surface area contributed by atoms with Gasteiger partial charge >= 0.3 is 0 Å². The van der Waals surface area contributed by atoms with E-state index in [1.165, 1.54) is 5.56 Å². The summed E-state index contributed by atoms with van der Waals surface area (Å²) in [5.74, 6) is 2.58. The van der Waals surface area contributed by atoms with Crippen LogP contribution in [0.25, 0.3) is 0 Å². The molecule has 1 atom stereocenters. The molecule has 0 aromatic heterocycles. The molecule has 0 unspecified atom stereocenters. The minimum atomic E-state index is -0.346. The van der Waals surface area contributed by atoms with Gasteiger partial charge in [-0.25, -0.2) is 4.39 Å². The number of hydrogen-bond acceptors (Lipinski definition) is 1. The normalized spacial score (nSPS) is 12.4. The third kappa shape index (κ3) is 4.04. The highest BCUT2D eigenvalue weighted by Crippen LogP contribution is 2.08. The van der Waals surface area contributed by atoms with E-state index < -0.39 is 0 Å². The summed E-state index contributed by atoms with van der Waals surface area (Å²) in [6.07, 6.45) is 6.18. The van der Waals surface area contributed by atoms with Crippen molar-refractivity contribution in [2.45, 2.75) is 19.4 Å². The molecular formula is C14H18FN. The average molecular weight is 219 g/mol. The van der Waals surface area contributed by atoms with Crippen LogP contribution in [0.3, 0.4) is 0 Å². The first-order valence-corrected chi connectivity index (χ1v) is 5.55.